The van der Waals surface area contributed by atoms with Crippen molar-refractivity contribution >= 4 is 11.4 Å². The van der Waals surface area contributed by atoms with Crippen molar-refractivity contribution in [3.8, 4) is 0 Å². The van der Waals surface area contributed by atoms with Crippen LogP contribution in [-0.2, 0) is 5.41 Å². The van der Waals surface area contributed by atoms with Gasteiger partial charge >= 0.3 is 0 Å². The molecular formula is C15H18O. The van der Waals surface area contributed by atoms with Crippen molar-refractivity contribution in [3.05, 3.63) is 41.0 Å². The first-order valence-corrected chi connectivity index (χ1v) is 5.74. The van der Waals surface area contributed by atoms with Crippen molar-refractivity contribution in [1.29, 1.82) is 0 Å². The highest BCUT2D eigenvalue weighted by molar-refractivity contribution is 5.95. The number of allylic oxidation sites excluding steroid dienone is 2. The molecule has 0 atom stereocenters. The molecule has 1 aromatic carbocycles. The van der Waals surface area contributed by atoms with Crippen molar-refractivity contribution in [2.75, 3.05) is 0 Å². The molecule has 0 heterocycles. The molecule has 1 aliphatic carbocycles. The van der Waals surface area contributed by atoms with E-state index >= 15 is 0 Å². The summed E-state index contributed by atoms with van der Waals surface area (Å²) in [7, 11) is 0. The summed E-state index contributed by atoms with van der Waals surface area (Å²) in [6.45, 7) is 8.25. The second-order valence-electron chi connectivity index (χ2n) is 5.29. The summed E-state index contributed by atoms with van der Waals surface area (Å²) in [5, 5.41) is 0. The summed E-state index contributed by atoms with van der Waals surface area (Å²) >= 11 is 0. The van der Waals surface area contributed by atoms with Gasteiger partial charge in [-0.3, -0.25) is 4.79 Å². The second kappa shape index (κ2) is 3.58. The zero-order valence-electron chi connectivity index (χ0n) is 10.4. The van der Waals surface area contributed by atoms with Crippen molar-refractivity contribution in [2.24, 2.45) is 0 Å². The number of fused-ring (bicyclic) bond motifs is 1. The van der Waals surface area contributed by atoms with Crippen LogP contribution in [-0.4, -0.2) is 5.78 Å². The quantitative estimate of drug-likeness (QED) is 0.646. The summed E-state index contributed by atoms with van der Waals surface area (Å²) in [6, 6.07) is 6.09. The van der Waals surface area contributed by atoms with Crippen molar-refractivity contribution in [1.82, 2.24) is 0 Å². The van der Waals surface area contributed by atoms with E-state index in [1.807, 2.05) is 12.1 Å². The van der Waals surface area contributed by atoms with Gasteiger partial charge in [0.25, 0.3) is 0 Å². The first-order chi connectivity index (χ1) is 7.42. The van der Waals surface area contributed by atoms with Crippen LogP contribution in [0.25, 0.3) is 5.57 Å². The molecule has 84 valence electrons. The minimum atomic E-state index is 0.138. The third-order valence-corrected chi connectivity index (χ3v) is 3.50. The molecular weight excluding hydrogens is 196 g/mol. The molecule has 0 aliphatic heterocycles. The molecule has 0 N–H and O–H groups in total. The first kappa shape index (κ1) is 11.1. The molecule has 0 radical (unpaired) electrons. The summed E-state index contributed by atoms with van der Waals surface area (Å²) < 4.78 is 0. The van der Waals surface area contributed by atoms with Crippen LogP contribution in [0.5, 0.6) is 0 Å². The van der Waals surface area contributed by atoms with Crippen LogP contribution >= 0.6 is 0 Å². The van der Waals surface area contributed by atoms with Gasteiger partial charge < -0.3 is 0 Å². The lowest BCUT2D eigenvalue weighted by atomic mass is 9.73. The summed E-state index contributed by atoms with van der Waals surface area (Å²) in [6.07, 6.45) is 3.34. The summed E-state index contributed by atoms with van der Waals surface area (Å²) in [5.74, 6) is 0.138. The molecule has 0 bridgehead atoms. The lowest BCUT2D eigenvalue weighted by Crippen LogP contribution is -2.21. The molecule has 16 heavy (non-hydrogen) atoms. The SMILES string of the molecule is CC(=O)c1ccc2c(c1)C(C)=CCC2(C)C. The van der Waals surface area contributed by atoms with Gasteiger partial charge in [-0.2, -0.15) is 0 Å². The molecule has 0 amide bonds. The average molecular weight is 214 g/mol. The molecule has 0 saturated carbocycles. The van der Waals surface area contributed by atoms with E-state index in [2.05, 4.69) is 32.9 Å². The number of ketones is 1. The number of hydrogen-bond donors (Lipinski definition) is 0. The molecule has 1 nitrogen and oxygen atoms in total. The Balaban J connectivity index is 2.63. The lowest BCUT2D eigenvalue weighted by Gasteiger charge is -2.31. The van der Waals surface area contributed by atoms with Crippen molar-refractivity contribution < 1.29 is 4.79 Å². The van der Waals surface area contributed by atoms with Crippen LogP contribution in [0.4, 0.5) is 0 Å². The van der Waals surface area contributed by atoms with Gasteiger partial charge in [0.15, 0.2) is 5.78 Å². The second-order valence-corrected chi connectivity index (χ2v) is 5.29. The average Bonchev–Trinajstić information content (AvgIpc) is 2.23. The maximum Gasteiger partial charge on any atom is 0.159 e. The van der Waals surface area contributed by atoms with Crippen LogP contribution in [0.3, 0.4) is 0 Å². The Kier molecular flexibility index (Phi) is 2.49. The molecule has 1 aliphatic rings. The number of carbonyl (C=O) groups excluding carboxylic acids is 1. The molecule has 0 fully saturated rings. The van der Waals surface area contributed by atoms with E-state index < -0.39 is 0 Å². The lowest BCUT2D eigenvalue weighted by molar-refractivity contribution is 0.101. The zero-order valence-corrected chi connectivity index (χ0v) is 10.4. The van der Waals surface area contributed by atoms with E-state index in [1.165, 1.54) is 16.7 Å². The van der Waals surface area contributed by atoms with Gasteiger partial charge in [-0.1, -0.05) is 32.1 Å². The van der Waals surface area contributed by atoms with E-state index in [0.717, 1.165) is 12.0 Å². The van der Waals surface area contributed by atoms with Gasteiger partial charge in [-0.25, -0.2) is 0 Å². The highest BCUT2D eigenvalue weighted by Gasteiger charge is 2.26. The van der Waals surface area contributed by atoms with Gasteiger partial charge in [0.2, 0.25) is 0 Å². The van der Waals surface area contributed by atoms with Gasteiger partial charge in [0, 0.05) is 5.56 Å². The van der Waals surface area contributed by atoms with E-state index in [1.54, 1.807) is 6.92 Å². The minimum Gasteiger partial charge on any atom is -0.295 e. The van der Waals surface area contributed by atoms with Crippen molar-refractivity contribution in [2.45, 2.75) is 39.5 Å². The van der Waals surface area contributed by atoms with Crippen LogP contribution < -0.4 is 0 Å². The molecule has 0 saturated heterocycles. The van der Waals surface area contributed by atoms with Crippen LogP contribution in [0, 0.1) is 0 Å². The predicted octanol–water partition coefficient (Wildman–Crippen LogP) is 3.97. The highest BCUT2D eigenvalue weighted by Crippen LogP contribution is 2.38. The number of benzene rings is 1. The molecule has 2 rings (SSSR count). The standard InChI is InChI=1S/C15H18O/c1-10-7-8-15(3,4)14-6-5-12(11(2)16)9-13(10)14/h5-7,9H,8H2,1-4H3. The molecule has 0 aromatic heterocycles. The van der Waals surface area contributed by atoms with Crippen molar-refractivity contribution in [3.63, 3.8) is 0 Å². The van der Waals surface area contributed by atoms with Crippen LogP contribution in [0.15, 0.2) is 24.3 Å². The Morgan fingerprint density at radius 2 is 2.00 bits per heavy atom. The fourth-order valence-electron chi connectivity index (χ4n) is 2.31. The number of hydrogen-bond acceptors (Lipinski definition) is 1. The van der Waals surface area contributed by atoms with Gasteiger partial charge in [0.05, 0.1) is 0 Å². The normalized spacial score (nSPS) is 17.6. The molecule has 0 spiro atoms. The molecule has 1 heteroatoms. The Bertz CT molecular complexity index is 478. The topological polar surface area (TPSA) is 17.1 Å². The Morgan fingerprint density at radius 1 is 1.31 bits per heavy atom. The van der Waals surface area contributed by atoms with E-state index in [-0.39, 0.29) is 11.2 Å². The number of rotatable bonds is 1. The monoisotopic (exact) mass is 214 g/mol. The fourth-order valence-corrected chi connectivity index (χ4v) is 2.31. The smallest absolute Gasteiger partial charge is 0.159 e. The third kappa shape index (κ3) is 1.71. The van der Waals surface area contributed by atoms with Gasteiger partial charge in [-0.15, -0.1) is 0 Å². The third-order valence-electron chi connectivity index (χ3n) is 3.50. The first-order valence-electron chi connectivity index (χ1n) is 5.74. The van der Waals surface area contributed by atoms with Crippen LogP contribution in [0.2, 0.25) is 0 Å². The van der Waals surface area contributed by atoms with Crippen LogP contribution in [0.1, 0.15) is 55.6 Å². The summed E-state index contributed by atoms with van der Waals surface area (Å²) in [4.78, 5) is 11.4. The molecule has 0 unspecified atom stereocenters. The predicted molar refractivity (Wildman–Crippen MR) is 67.7 cm³/mol. The van der Waals surface area contributed by atoms with E-state index in [0.29, 0.717) is 0 Å². The van der Waals surface area contributed by atoms with E-state index in [9.17, 15) is 4.79 Å². The highest BCUT2D eigenvalue weighted by atomic mass is 16.1. The zero-order chi connectivity index (χ0) is 11.9. The van der Waals surface area contributed by atoms with E-state index in [4.69, 9.17) is 0 Å². The largest absolute Gasteiger partial charge is 0.295 e. The molecule has 1 aromatic rings. The maximum atomic E-state index is 11.4. The summed E-state index contributed by atoms with van der Waals surface area (Å²) in [5.41, 5.74) is 4.88. The maximum absolute atomic E-state index is 11.4. The Morgan fingerprint density at radius 3 is 2.62 bits per heavy atom. The van der Waals surface area contributed by atoms with Gasteiger partial charge in [-0.05, 0) is 48.4 Å². The minimum absolute atomic E-state index is 0.138. The number of carbonyl (C=O) groups is 1. The number of Topliss-reactive ketones (excluding diaryl/α,β-unsaturated/α-hetero) is 1. The Hall–Kier alpha value is -1.37. The van der Waals surface area contributed by atoms with Gasteiger partial charge in [0.1, 0.15) is 0 Å². The fraction of sp³-hybridized carbons (Fsp3) is 0.400. The Labute approximate surface area is 97.2 Å².